The fourth-order valence-corrected chi connectivity index (χ4v) is 3.49. The van der Waals surface area contributed by atoms with E-state index in [2.05, 4.69) is 34.5 Å². The van der Waals surface area contributed by atoms with Gasteiger partial charge in [0.05, 0.1) is 5.56 Å². The van der Waals surface area contributed by atoms with E-state index in [1.54, 1.807) is 6.07 Å². The normalized spacial score (nSPS) is 16.0. The predicted octanol–water partition coefficient (Wildman–Crippen LogP) is 3.81. The smallest absolute Gasteiger partial charge is 0.335 e. The maximum absolute atomic E-state index is 11.5. The third-order valence-electron chi connectivity index (χ3n) is 4.85. The molecule has 1 fully saturated rings. The topological polar surface area (TPSA) is 52.6 Å². The van der Waals surface area contributed by atoms with Crippen LogP contribution in [0.3, 0.4) is 0 Å². The van der Waals surface area contributed by atoms with E-state index < -0.39 is 5.97 Å². The van der Waals surface area contributed by atoms with Gasteiger partial charge in [-0.3, -0.25) is 4.90 Å². The van der Waals surface area contributed by atoms with Crippen LogP contribution in [0.25, 0.3) is 0 Å². The second kappa shape index (κ2) is 7.49. The quantitative estimate of drug-likeness (QED) is 0.878. The summed E-state index contributed by atoms with van der Waals surface area (Å²) < 4.78 is 0. The number of nitrogens with zero attached hydrogens (tertiary/aromatic N) is 1. The zero-order valence-corrected chi connectivity index (χ0v) is 14.0. The molecule has 1 heterocycles. The number of carboxylic acid groups (broad SMARTS) is 1. The zero-order chi connectivity index (χ0) is 16.9. The summed E-state index contributed by atoms with van der Waals surface area (Å²) in [4.78, 5) is 14.0. The van der Waals surface area contributed by atoms with Gasteiger partial charge in [0, 0.05) is 19.3 Å². The lowest BCUT2D eigenvalue weighted by Gasteiger charge is -2.33. The average molecular weight is 324 g/mol. The Bertz CT molecular complexity index is 692. The van der Waals surface area contributed by atoms with Crippen LogP contribution in [-0.2, 0) is 6.54 Å². The van der Waals surface area contributed by atoms with E-state index in [0.717, 1.165) is 43.7 Å². The van der Waals surface area contributed by atoms with Gasteiger partial charge in [-0.2, -0.15) is 0 Å². The summed E-state index contributed by atoms with van der Waals surface area (Å²) in [5.74, 6) is -0.518. The van der Waals surface area contributed by atoms with Crippen molar-refractivity contribution < 1.29 is 9.90 Å². The SMILES string of the molecule is CNc1ccc(C(=O)O)c(C2CCN(Cc3ccccc3)CC2)c1. The summed E-state index contributed by atoms with van der Waals surface area (Å²) in [6.07, 6.45) is 2.00. The molecule has 4 nitrogen and oxygen atoms in total. The van der Waals surface area contributed by atoms with Gasteiger partial charge in [-0.15, -0.1) is 0 Å². The van der Waals surface area contributed by atoms with E-state index in [1.807, 2.05) is 25.2 Å². The molecule has 0 amide bonds. The van der Waals surface area contributed by atoms with Crippen LogP contribution in [0.5, 0.6) is 0 Å². The molecule has 0 radical (unpaired) electrons. The Kier molecular flexibility index (Phi) is 5.16. The van der Waals surface area contributed by atoms with Gasteiger partial charge in [0.1, 0.15) is 0 Å². The molecule has 0 bridgehead atoms. The molecular formula is C20H24N2O2. The Hall–Kier alpha value is -2.33. The molecule has 0 aliphatic carbocycles. The molecule has 0 atom stereocenters. The monoisotopic (exact) mass is 324 g/mol. The van der Waals surface area contributed by atoms with Gasteiger partial charge in [0.25, 0.3) is 0 Å². The molecule has 24 heavy (non-hydrogen) atoms. The largest absolute Gasteiger partial charge is 0.478 e. The second-order valence-electron chi connectivity index (χ2n) is 6.39. The van der Waals surface area contributed by atoms with E-state index in [0.29, 0.717) is 11.5 Å². The Labute approximate surface area is 143 Å². The molecule has 1 aliphatic rings. The molecule has 1 aliphatic heterocycles. The van der Waals surface area contributed by atoms with Crippen molar-refractivity contribution in [2.45, 2.75) is 25.3 Å². The van der Waals surface area contributed by atoms with Crippen LogP contribution in [0, 0.1) is 0 Å². The van der Waals surface area contributed by atoms with Crippen molar-refractivity contribution >= 4 is 11.7 Å². The lowest BCUT2D eigenvalue weighted by Crippen LogP contribution is -2.32. The number of hydrogen-bond acceptors (Lipinski definition) is 3. The molecule has 2 aromatic rings. The number of piperidine rings is 1. The molecule has 2 aromatic carbocycles. The van der Waals surface area contributed by atoms with Crippen LogP contribution < -0.4 is 5.32 Å². The molecule has 2 N–H and O–H groups in total. The van der Waals surface area contributed by atoms with Gasteiger partial charge in [0.15, 0.2) is 0 Å². The third-order valence-corrected chi connectivity index (χ3v) is 4.85. The van der Waals surface area contributed by atoms with E-state index in [-0.39, 0.29) is 0 Å². The molecule has 0 saturated carbocycles. The van der Waals surface area contributed by atoms with Crippen molar-refractivity contribution in [1.82, 2.24) is 4.90 Å². The van der Waals surface area contributed by atoms with Gasteiger partial charge in [-0.1, -0.05) is 30.3 Å². The number of carbonyl (C=O) groups is 1. The lowest BCUT2D eigenvalue weighted by molar-refractivity contribution is 0.0694. The highest BCUT2D eigenvalue weighted by atomic mass is 16.4. The lowest BCUT2D eigenvalue weighted by atomic mass is 9.86. The van der Waals surface area contributed by atoms with Crippen molar-refractivity contribution in [3.05, 3.63) is 65.2 Å². The van der Waals surface area contributed by atoms with E-state index >= 15 is 0 Å². The summed E-state index contributed by atoms with van der Waals surface area (Å²) in [5.41, 5.74) is 3.71. The summed E-state index contributed by atoms with van der Waals surface area (Å²) >= 11 is 0. The highest BCUT2D eigenvalue weighted by molar-refractivity contribution is 5.90. The Morgan fingerprint density at radius 1 is 1.17 bits per heavy atom. The molecule has 0 aromatic heterocycles. The number of hydrogen-bond donors (Lipinski definition) is 2. The standard InChI is InChI=1S/C20H24N2O2/c1-21-17-7-8-18(20(23)24)19(13-17)16-9-11-22(12-10-16)14-15-5-3-2-4-6-15/h2-8,13,16,21H,9-12,14H2,1H3,(H,23,24). The number of likely N-dealkylation sites (tertiary alicyclic amines) is 1. The Balaban J connectivity index is 1.69. The molecule has 4 heteroatoms. The molecule has 3 rings (SSSR count). The first-order chi connectivity index (χ1) is 11.7. The molecular weight excluding hydrogens is 300 g/mol. The first kappa shape index (κ1) is 16.5. The third kappa shape index (κ3) is 3.77. The maximum Gasteiger partial charge on any atom is 0.335 e. The van der Waals surface area contributed by atoms with Crippen LogP contribution >= 0.6 is 0 Å². The first-order valence-electron chi connectivity index (χ1n) is 8.48. The van der Waals surface area contributed by atoms with Crippen molar-refractivity contribution in [2.24, 2.45) is 0 Å². The van der Waals surface area contributed by atoms with E-state index in [1.165, 1.54) is 5.56 Å². The molecule has 126 valence electrons. The predicted molar refractivity (Wildman–Crippen MR) is 96.6 cm³/mol. The molecule has 0 unspecified atom stereocenters. The van der Waals surface area contributed by atoms with Crippen LogP contribution in [0.2, 0.25) is 0 Å². The summed E-state index contributed by atoms with van der Waals surface area (Å²) in [6.45, 7) is 2.97. The van der Waals surface area contributed by atoms with E-state index in [4.69, 9.17) is 0 Å². The second-order valence-corrected chi connectivity index (χ2v) is 6.39. The summed E-state index contributed by atoms with van der Waals surface area (Å²) in [6, 6.07) is 16.1. The van der Waals surface area contributed by atoms with Gasteiger partial charge < -0.3 is 10.4 Å². The molecule has 0 spiro atoms. The fourth-order valence-electron chi connectivity index (χ4n) is 3.49. The van der Waals surface area contributed by atoms with Crippen LogP contribution in [0.15, 0.2) is 48.5 Å². The highest BCUT2D eigenvalue weighted by Crippen LogP contribution is 2.32. The number of benzene rings is 2. The van der Waals surface area contributed by atoms with Crippen LogP contribution in [-0.4, -0.2) is 36.1 Å². The summed E-state index contributed by atoms with van der Waals surface area (Å²) in [7, 11) is 1.86. The van der Waals surface area contributed by atoms with Crippen LogP contribution in [0.1, 0.15) is 40.2 Å². The average Bonchev–Trinajstić information content (AvgIpc) is 2.62. The number of anilines is 1. The van der Waals surface area contributed by atoms with Gasteiger partial charge >= 0.3 is 5.97 Å². The highest BCUT2D eigenvalue weighted by Gasteiger charge is 2.24. The summed E-state index contributed by atoms with van der Waals surface area (Å²) in [5, 5.41) is 12.6. The van der Waals surface area contributed by atoms with Crippen molar-refractivity contribution in [2.75, 3.05) is 25.5 Å². The van der Waals surface area contributed by atoms with Crippen molar-refractivity contribution in [1.29, 1.82) is 0 Å². The van der Waals surface area contributed by atoms with Crippen molar-refractivity contribution in [3.8, 4) is 0 Å². The molecule has 1 saturated heterocycles. The van der Waals surface area contributed by atoms with Gasteiger partial charge in [0.2, 0.25) is 0 Å². The van der Waals surface area contributed by atoms with Crippen molar-refractivity contribution in [3.63, 3.8) is 0 Å². The number of carboxylic acids is 1. The minimum Gasteiger partial charge on any atom is -0.478 e. The zero-order valence-electron chi connectivity index (χ0n) is 14.0. The number of rotatable bonds is 5. The maximum atomic E-state index is 11.5. The van der Waals surface area contributed by atoms with Gasteiger partial charge in [-0.05, 0) is 61.2 Å². The minimum absolute atomic E-state index is 0.316. The first-order valence-corrected chi connectivity index (χ1v) is 8.48. The Morgan fingerprint density at radius 3 is 2.50 bits per heavy atom. The number of nitrogens with one attached hydrogen (secondary N) is 1. The van der Waals surface area contributed by atoms with E-state index in [9.17, 15) is 9.90 Å². The van der Waals surface area contributed by atoms with Crippen LogP contribution in [0.4, 0.5) is 5.69 Å². The number of aromatic carboxylic acids is 1. The Morgan fingerprint density at radius 2 is 1.88 bits per heavy atom. The minimum atomic E-state index is -0.834. The van der Waals surface area contributed by atoms with Gasteiger partial charge in [-0.25, -0.2) is 4.79 Å². The fraction of sp³-hybridized carbons (Fsp3) is 0.350.